The highest BCUT2D eigenvalue weighted by Gasteiger charge is 2.26. The summed E-state index contributed by atoms with van der Waals surface area (Å²) in [5.74, 6) is -0.789. The molecule has 3 rings (SSSR count). The zero-order chi connectivity index (χ0) is 26.1. The first kappa shape index (κ1) is 26.7. The van der Waals surface area contributed by atoms with Crippen molar-refractivity contribution < 1.29 is 31.9 Å². The van der Waals surface area contributed by atoms with Crippen molar-refractivity contribution in [2.75, 3.05) is 6.61 Å². The number of benzene rings is 3. The summed E-state index contributed by atoms with van der Waals surface area (Å²) in [5, 5.41) is 5.27. The van der Waals surface area contributed by atoms with Gasteiger partial charge in [0.05, 0.1) is 6.61 Å². The lowest BCUT2D eigenvalue weighted by molar-refractivity contribution is -0.137. The molecule has 0 aliphatic rings. The molecule has 36 heavy (non-hydrogen) atoms. The van der Waals surface area contributed by atoms with Gasteiger partial charge in [-0.1, -0.05) is 54.6 Å². The van der Waals surface area contributed by atoms with E-state index in [1.165, 1.54) is 6.07 Å². The van der Waals surface area contributed by atoms with Crippen LogP contribution in [0.5, 0.6) is 0 Å². The van der Waals surface area contributed by atoms with E-state index in [1.54, 1.807) is 67.6 Å². The quantitative estimate of drug-likeness (QED) is 0.267. The zero-order valence-corrected chi connectivity index (χ0v) is 19.6. The molecule has 2 amide bonds. The van der Waals surface area contributed by atoms with Gasteiger partial charge in [0.2, 0.25) is 0 Å². The van der Waals surface area contributed by atoms with Crippen molar-refractivity contribution >= 4 is 12.0 Å². The van der Waals surface area contributed by atoms with Crippen LogP contribution in [0.3, 0.4) is 0 Å². The largest absolute Gasteiger partial charge is 0.450 e. The minimum Gasteiger partial charge on any atom is -0.450 e. The second kappa shape index (κ2) is 12.2. The third kappa shape index (κ3) is 7.83. The molecule has 0 heterocycles. The first-order valence-electron chi connectivity index (χ1n) is 11.3. The van der Waals surface area contributed by atoms with Gasteiger partial charge in [-0.05, 0) is 47.7 Å². The number of carbonyl (C=O) groups is 2. The van der Waals surface area contributed by atoms with Crippen LogP contribution >= 0.6 is 0 Å². The SMILES string of the molecule is Cc1ccc(CNC(=O)c2ccccc2-c2ccccc2CNC(=O)OCCCC(F)(F)F)c(F)c1. The van der Waals surface area contributed by atoms with Gasteiger partial charge in [-0.25, -0.2) is 9.18 Å². The maximum atomic E-state index is 14.2. The van der Waals surface area contributed by atoms with E-state index in [2.05, 4.69) is 10.6 Å². The predicted octanol–water partition coefficient (Wildman–Crippen LogP) is 6.30. The maximum Gasteiger partial charge on any atom is 0.407 e. The van der Waals surface area contributed by atoms with Gasteiger partial charge in [0.25, 0.3) is 5.91 Å². The lowest BCUT2D eigenvalue weighted by Crippen LogP contribution is -2.25. The summed E-state index contributed by atoms with van der Waals surface area (Å²) in [6, 6.07) is 18.8. The van der Waals surface area contributed by atoms with Crippen LogP contribution < -0.4 is 10.6 Å². The molecule has 9 heteroatoms. The number of aryl methyl sites for hydroxylation is 1. The van der Waals surface area contributed by atoms with Crippen molar-refractivity contribution in [1.82, 2.24) is 10.6 Å². The van der Waals surface area contributed by atoms with E-state index in [0.717, 1.165) is 5.56 Å². The molecule has 0 aliphatic carbocycles. The fourth-order valence-corrected chi connectivity index (χ4v) is 3.58. The van der Waals surface area contributed by atoms with Crippen molar-refractivity contribution in [3.8, 4) is 11.1 Å². The second-order valence-corrected chi connectivity index (χ2v) is 8.19. The van der Waals surface area contributed by atoms with Crippen LogP contribution in [0.1, 0.15) is 39.9 Å². The normalized spacial score (nSPS) is 11.1. The van der Waals surface area contributed by atoms with Crippen LogP contribution in [0.15, 0.2) is 66.7 Å². The van der Waals surface area contributed by atoms with Gasteiger partial charge in [-0.2, -0.15) is 13.2 Å². The first-order valence-corrected chi connectivity index (χ1v) is 11.3. The van der Waals surface area contributed by atoms with Crippen molar-refractivity contribution in [3.63, 3.8) is 0 Å². The molecule has 0 aliphatic heterocycles. The molecule has 0 radical (unpaired) electrons. The maximum absolute atomic E-state index is 14.2. The Morgan fingerprint density at radius 1 is 0.861 bits per heavy atom. The summed E-state index contributed by atoms with van der Waals surface area (Å²) in [4.78, 5) is 24.9. The molecular weight excluding hydrogens is 476 g/mol. The molecule has 0 aromatic heterocycles. The van der Waals surface area contributed by atoms with Gasteiger partial charge in [-0.15, -0.1) is 0 Å². The number of amides is 2. The van der Waals surface area contributed by atoms with Crippen LogP contribution in [-0.2, 0) is 17.8 Å². The summed E-state index contributed by atoms with van der Waals surface area (Å²) >= 11 is 0. The summed E-state index contributed by atoms with van der Waals surface area (Å²) in [6.07, 6.45) is -6.48. The molecule has 0 fully saturated rings. The van der Waals surface area contributed by atoms with Crippen LogP contribution in [0.2, 0.25) is 0 Å². The topological polar surface area (TPSA) is 67.4 Å². The van der Waals surface area contributed by atoms with Crippen LogP contribution in [0, 0.1) is 12.7 Å². The molecule has 5 nitrogen and oxygen atoms in total. The Bertz CT molecular complexity index is 1210. The Morgan fingerprint density at radius 3 is 2.25 bits per heavy atom. The number of hydrogen-bond acceptors (Lipinski definition) is 3. The van der Waals surface area contributed by atoms with E-state index in [0.29, 0.717) is 27.8 Å². The number of alkyl halides is 3. The molecule has 0 saturated carbocycles. The number of nitrogens with one attached hydrogen (secondary N) is 2. The van der Waals surface area contributed by atoms with Gasteiger partial charge < -0.3 is 15.4 Å². The molecule has 3 aromatic rings. The summed E-state index contributed by atoms with van der Waals surface area (Å²) in [6.45, 7) is 1.49. The van der Waals surface area contributed by atoms with E-state index in [1.807, 2.05) is 0 Å². The lowest BCUT2D eigenvalue weighted by atomic mass is 9.95. The van der Waals surface area contributed by atoms with Gasteiger partial charge in [0.15, 0.2) is 0 Å². The number of rotatable bonds is 9. The lowest BCUT2D eigenvalue weighted by Gasteiger charge is -2.15. The molecule has 0 saturated heterocycles. The third-order valence-electron chi connectivity index (χ3n) is 5.39. The van der Waals surface area contributed by atoms with Crippen molar-refractivity contribution in [1.29, 1.82) is 0 Å². The third-order valence-corrected chi connectivity index (χ3v) is 5.39. The Hall–Kier alpha value is -3.88. The van der Waals surface area contributed by atoms with Gasteiger partial charge in [0.1, 0.15) is 5.82 Å². The average Bonchev–Trinajstić information content (AvgIpc) is 2.84. The number of hydrogen-bond donors (Lipinski definition) is 2. The first-order chi connectivity index (χ1) is 17.1. The van der Waals surface area contributed by atoms with Crippen LogP contribution in [0.4, 0.5) is 22.4 Å². The summed E-state index contributed by atoms with van der Waals surface area (Å²) < 4.78 is 55.6. The Kier molecular flexibility index (Phi) is 9.05. The Balaban J connectivity index is 1.68. The van der Waals surface area contributed by atoms with E-state index < -0.39 is 30.4 Å². The zero-order valence-electron chi connectivity index (χ0n) is 19.6. The molecule has 0 atom stereocenters. The highest BCUT2D eigenvalue weighted by atomic mass is 19.4. The van der Waals surface area contributed by atoms with E-state index in [4.69, 9.17) is 4.74 Å². The smallest absolute Gasteiger partial charge is 0.407 e. The van der Waals surface area contributed by atoms with Crippen molar-refractivity contribution in [3.05, 3.63) is 94.8 Å². The molecule has 3 aromatic carbocycles. The standard InChI is InChI=1S/C27H26F4N2O3/c1-18-11-12-20(24(28)15-18)17-32-25(34)23-10-5-4-9-22(23)21-8-3-2-7-19(21)16-33-26(35)36-14-6-13-27(29,30)31/h2-5,7-12,15H,6,13-14,16-17H2,1H3,(H,32,34)(H,33,35). The second-order valence-electron chi connectivity index (χ2n) is 8.19. The van der Waals surface area contributed by atoms with E-state index >= 15 is 0 Å². The summed E-state index contributed by atoms with van der Waals surface area (Å²) in [5.41, 5.74) is 3.48. The summed E-state index contributed by atoms with van der Waals surface area (Å²) in [7, 11) is 0. The van der Waals surface area contributed by atoms with Gasteiger partial charge in [0, 0.05) is 30.6 Å². The van der Waals surface area contributed by atoms with E-state index in [-0.39, 0.29) is 26.1 Å². The molecule has 0 bridgehead atoms. The number of carbonyl (C=O) groups excluding carboxylic acids is 2. The number of halogens is 4. The molecule has 190 valence electrons. The van der Waals surface area contributed by atoms with Crippen molar-refractivity contribution in [2.24, 2.45) is 0 Å². The number of alkyl carbamates (subject to hydrolysis) is 1. The highest BCUT2D eigenvalue weighted by Crippen LogP contribution is 2.27. The fraction of sp³-hybridized carbons (Fsp3) is 0.259. The number of ether oxygens (including phenoxy) is 1. The minimum atomic E-state index is -4.30. The molecule has 2 N–H and O–H groups in total. The van der Waals surface area contributed by atoms with Gasteiger partial charge >= 0.3 is 12.3 Å². The van der Waals surface area contributed by atoms with E-state index in [9.17, 15) is 27.2 Å². The van der Waals surface area contributed by atoms with Crippen molar-refractivity contribution in [2.45, 2.75) is 39.0 Å². The fourth-order valence-electron chi connectivity index (χ4n) is 3.58. The molecule has 0 unspecified atom stereocenters. The van der Waals surface area contributed by atoms with Crippen LogP contribution in [0.25, 0.3) is 11.1 Å². The minimum absolute atomic E-state index is 0.0165. The Morgan fingerprint density at radius 2 is 1.53 bits per heavy atom. The average molecular weight is 503 g/mol. The Labute approximate surface area is 206 Å². The van der Waals surface area contributed by atoms with Crippen LogP contribution in [-0.4, -0.2) is 24.8 Å². The molecular formula is C27H26F4N2O3. The van der Waals surface area contributed by atoms with Gasteiger partial charge in [-0.3, -0.25) is 4.79 Å². The highest BCUT2D eigenvalue weighted by molar-refractivity contribution is 6.01. The predicted molar refractivity (Wildman–Crippen MR) is 128 cm³/mol. The molecule has 0 spiro atoms. The monoisotopic (exact) mass is 502 g/mol.